The molecule has 0 bridgehead atoms. The quantitative estimate of drug-likeness (QED) is 0.693. The number of aromatic nitrogens is 4. The summed E-state index contributed by atoms with van der Waals surface area (Å²) in [6.07, 6.45) is 2.52. The van der Waals surface area contributed by atoms with Gasteiger partial charge < -0.3 is 4.57 Å². The summed E-state index contributed by atoms with van der Waals surface area (Å²) in [7, 11) is 0. The highest BCUT2D eigenvalue weighted by Gasteiger charge is 2.11. The van der Waals surface area contributed by atoms with Crippen LogP contribution < -0.4 is 0 Å². The molecule has 0 aliphatic heterocycles. The molecule has 0 saturated carbocycles. The van der Waals surface area contributed by atoms with E-state index in [1.165, 1.54) is 11.1 Å². The molecule has 3 aromatic rings. The number of hydrogen-bond donors (Lipinski definition) is 0. The highest BCUT2D eigenvalue weighted by atomic mass is 35.5. The van der Waals surface area contributed by atoms with Gasteiger partial charge in [-0.15, -0.1) is 0 Å². The topological polar surface area (TPSA) is 43.6 Å². The van der Waals surface area contributed by atoms with Gasteiger partial charge in [-0.2, -0.15) is 0 Å². The summed E-state index contributed by atoms with van der Waals surface area (Å²) in [6, 6.07) is 8.44. The average molecular weight is 287 g/mol. The van der Waals surface area contributed by atoms with E-state index in [2.05, 4.69) is 46.1 Å². The number of rotatable bonds is 3. The molecule has 0 N–H and O–H groups in total. The molecule has 0 atom stereocenters. The summed E-state index contributed by atoms with van der Waals surface area (Å²) < 4.78 is 2.01. The number of imidazole rings is 1. The molecule has 0 aliphatic rings. The van der Waals surface area contributed by atoms with Gasteiger partial charge in [0.1, 0.15) is 11.3 Å². The molecule has 1 aromatic carbocycles. The summed E-state index contributed by atoms with van der Waals surface area (Å²) in [4.78, 5) is 13.1. The molecular weight excluding hydrogens is 272 g/mol. The SMILES string of the molecule is CCc1nc(Cl)c2ncn(Cc3ccc(C)cc3)c2n1. The first-order valence-electron chi connectivity index (χ1n) is 6.60. The van der Waals surface area contributed by atoms with E-state index in [0.29, 0.717) is 10.7 Å². The van der Waals surface area contributed by atoms with Crippen LogP contribution in [0.2, 0.25) is 5.15 Å². The molecule has 0 aliphatic carbocycles. The molecular formula is C15H15ClN4. The van der Waals surface area contributed by atoms with Gasteiger partial charge in [-0.05, 0) is 12.5 Å². The van der Waals surface area contributed by atoms with E-state index in [1.807, 2.05) is 11.5 Å². The summed E-state index contributed by atoms with van der Waals surface area (Å²) in [5, 5.41) is 0.425. The van der Waals surface area contributed by atoms with Crippen LogP contribution in [-0.4, -0.2) is 19.5 Å². The van der Waals surface area contributed by atoms with Crippen LogP contribution in [0.15, 0.2) is 30.6 Å². The normalized spacial score (nSPS) is 11.2. The molecule has 2 heterocycles. The second kappa shape index (κ2) is 5.21. The van der Waals surface area contributed by atoms with E-state index in [1.54, 1.807) is 6.33 Å². The van der Waals surface area contributed by atoms with Gasteiger partial charge >= 0.3 is 0 Å². The van der Waals surface area contributed by atoms with E-state index in [0.717, 1.165) is 24.4 Å². The number of hydrogen-bond acceptors (Lipinski definition) is 3. The summed E-state index contributed by atoms with van der Waals surface area (Å²) in [5.41, 5.74) is 3.92. The number of nitrogens with zero attached hydrogens (tertiary/aromatic N) is 4. The second-order valence-electron chi connectivity index (χ2n) is 4.81. The molecule has 2 aromatic heterocycles. The maximum absolute atomic E-state index is 6.15. The predicted molar refractivity (Wildman–Crippen MR) is 80.0 cm³/mol. The molecule has 0 amide bonds. The van der Waals surface area contributed by atoms with Gasteiger partial charge in [0.2, 0.25) is 0 Å². The van der Waals surface area contributed by atoms with E-state index >= 15 is 0 Å². The minimum Gasteiger partial charge on any atom is -0.311 e. The van der Waals surface area contributed by atoms with Gasteiger partial charge in [0.25, 0.3) is 0 Å². The van der Waals surface area contributed by atoms with Crippen molar-refractivity contribution in [2.24, 2.45) is 0 Å². The summed E-state index contributed by atoms with van der Waals surface area (Å²) in [6.45, 7) is 4.82. The van der Waals surface area contributed by atoms with Gasteiger partial charge in [0.05, 0.1) is 12.9 Å². The maximum atomic E-state index is 6.15. The van der Waals surface area contributed by atoms with Crippen LogP contribution in [0.25, 0.3) is 11.2 Å². The first-order chi connectivity index (χ1) is 9.67. The molecule has 0 radical (unpaired) electrons. The zero-order valence-electron chi connectivity index (χ0n) is 11.5. The number of aryl methyl sites for hydroxylation is 2. The Hall–Kier alpha value is -1.94. The summed E-state index contributed by atoms with van der Waals surface area (Å²) in [5.74, 6) is 0.744. The standard InChI is InChI=1S/C15H15ClN4/c1-3-12-18-14(16)13-15(19-12)20(9-17-13)8-11-6-4-10(2)5-7-11/h4-7,9H,3,8H2,1-2H3. The fraction of sp³-hybridized carbons (Fsp3) is 0.267. The van der Waals surface area contributed by atoms with E-state index in [9.17, 15) is 0 Å². The van der Waals surface area contributed by atoms with Crippen molar-refractivity contribution < 1.29 is 0 Å². The van der Waals surface area contributed by atoms with Gasteiger partial charge in [0, 0.05) is 6.42 Å². The Kier molecular flexibility index (Phi) is 3.40. The zero-order valence-corrected chi connectivity index (χ0v) is 12.2. The highest BCUT2D eigenvalue weighted by Crippen LogP contribution is 2.20. The summed E-state index contributed by atoms with van der Waals surface area (Å²) >= 11 is 6.15. The van der Waals surface area contributed by atoms with Crippen molar-refractivity contribution in [2.75, 3.05) is 0 Å². The third-order valence-corrected chi connectivity index (χ3v) is 3.52. The first-order valence-corrected chi connectivity index (χ1v) is 6.98. The first kappa shape index (κ1) is 13.1. The fourth-order valence-corrected chi connectivity index (χ4v) is 2.35. The van der Waals surface area contributed by atoms with Crippen molar-refractivity contribution >= 4 is 22.8 Å². The third-order valence-electron chi connectivity index (χ3n) is 3.26. The molecule has 0 fully saturated rings. The molecule has 0 saturated heterocycles. The maximum Gasteiger partial charge on any atom is 0.165 e. The monoisotopic (exact) mass is 286 g/mol. The van der Waals surface area contributed by atoms with Gasteiger partial charge in [-0.3, -0.25) is 0 Å². The number of halogens is 1. The van der Waals surface area contributed by atoms with Crippen molar-refractivity contribution in [2.45, 2.75) is 26.8 Å². The van der Waals surface area contributed by atoms with Crippen LogP contribution in [0.5, 0.6) is 0 Å². The Bertz CT molecular complexity index is 746. The predicted octanol–water partition coefficient (Wildman–Crippen LogP) is 3.40. The van der Waals surface area contributed by atoms with Crippen LogP contribution in [-0.2, 0) is 13.0 Å². The van der Waals surface area contributed by atoms with Crippen LogP contribution >= 0.6 is 11.6 Å². The lowest BCUT2D eigenvalue weighted by molar-refractivity contribution is 0.806. The van der Waals surface area contributed by atoms with E-state index in [4.69, 9.17) is 11.6 Å². The smallest absolute Gasteiger partial charge is 0.165 e. The van der Waals surface area contributed by atoms with Gasteiger partial charge in [-0.25, -0.2) is 15.0 Å². The largest absolute Gasteiger partial charge is 0.311 e. The van der Waals surface area contributed by atoms with Crippen molar-refractivity contribution in [3.05, 3.63) is 52.7 Å². The number of fused-ring (bicyclic) bond motifs is 1. The zero-order chi connectivity index (χ0) is 14.1. The second-order valence-corrected chi connectivity index (χ2v) is 5.17. The van der Waals surface area contributed by atoms with Crippen LogP contribution in [0, 0.1) is 6.92 Å². The van der Waals surface area contributed by atoms with Crippen LogP contribution in [0.3, 0.4) is 0 Å². The Morgan fingerprint density at radius 1 is 1.15 bits per heavy atom. The van der Waals surface area contributed by atoms with Crippen LogP contribution in [0.1, 0.15) is 23.9 Å². The minimum atomic E-state index is 0.425. The lowest BCUT2D eigenvalue weighted by Gasteiger charge is -2.05. The molecule has 3 rings (SSSR count). The van der Waals surface area contributed by atoms with Crippen molar-refractivity contribution in [1.29, 1.82) is 0 Å². The fourth-order valence-electron chi connectivity index (χ4n) is 2.12. The van der Waals surface area contributed by atoms with Crippen molar-refractivity contribution in [1.82, 2.24) is 19.5 Å². The molecule has 102 valence electrons. The third kappa shape index (κ3) is 2.39. The van der Waals surface area contributed by atoms with Gasteiger partial charge in [0.15, 0.2) is 10.8 Å². The minimum absolute atomic E-state index is 0.425. The Morgan fingerprint density at radius 3 is 2.60 bits per heavy atom. The molecule has 0 spiro atoms. The lowest BCUT2D eigenvalue weighted by Crippen LogP contribution is -2.02. The molecule has 4 nitrogen and oxygen atoms in total. The molecule has 20 heavy (non-hydrogen) atoms. The van der Waals surface area contributed by atoms with E-state index < -0.39 is 0 Å². The van der Waals surface area contributed by atoms with Crippen LogP contribution in [0.4, 0.5) is 0 Å². The van der Waals surface area contributed by atoms with Crippen molar-refractivity contribution in [3.8, 4) is 0 Å². The number of benzene rings is 1. The average Bonchev–Trinajstić information content (AvgIpc) is 2.85. The molecule has 0 unspecified atom stereocenters. The van der Waals surface area contributed by atoms with Gasteiger partial charge in [-0.1, -0.05) is 48.4 Å². The lowest BCUT2D eigenvalue weighted by atomic mass is 10.1. The molecule has 5 heteroatoms. The van der Waals surface area contributed by atoms with Crippen molar-refractivity contribution in [3.63, 3.8) is 0 Å². The van der Waals surface area contributed by atoms with E-state index in [-0.39, 0.29) is 0 Å². The Balaban J connectivity index is 2.03. The highest BCUT2D eigenvalue weighted by molar-refractivity contribution is 6.33. The Labute approximate surface area is 122 Å². The Morgan fingerprint density at radius 2 is 1.90 bits per heavy atom.